The van der Waals surface area contributed by atoms with E-state index >= 15 is 0 Å². The molecule has 0 bridgehead atoms. The van der Waals surface area contributed by atoms with Crippen LogP contribution in [0.25, 0.3) is 0 Å². The van der Waals surface area contributed by atoms with E-state index in [2.05, 4.69) is 56.2 Å². The molecule has 0 aromatic heterocycles. The highest BCUT2D eigenvalue weighted by atomic mass is 127. The van der Waals surface area contributed by atoms with E-state index in [1.54, 1.807) is 12.1 Å². The zero-order chi connectivity index (χ0) is 20.1. The smallest absolute Gasteiger partial charge is 0.260 e. The van der Waals surface area contributed by atoms with Crippen LogP contribution in [0.15, 0.2) is 36.4 Å². The number of nitriles is 1. The molecule has 2 aromatic carbocycles. The molecular weight excluding hydrogens is 604 g/mol. The van der Waals surface area contributed by atoms with Gasteiger partial charge in [0.1, 0.15) is 5.75 Å². The summed E-state index contributed by atoms with van der Waals surface area (Å²) in [6.07, 6.45) is 0. The Morgan fingerprint density at radius 1 is 1.11 bits per heavy atom. The SMILES string of the molecule is N#Cc1cc(I)c(OCC(=O)N2CCN(Cc3ccc(Cl)cc3)CC2)c(I)c1. The van der Waals surface area contributed by atoms with E-state index in [9.17, 15) is 4.79 Å². The first kappa shape index (κ1) is 21.6. The third kappa shape index (κ3) is 5.72. The molecule has 0 N–H and O–H groups in total. The van der Waals surface area contributed by atoms with Gasteiger partial charge in [0.25, 0.3) is 5.91 Å². The second kappa shape index (κ2) is 10.1. The van der Waals surface area contributed by atoms with Gasteiger partial charge < -0.3 is 9.64 Å². The Balaban J connectivity index is 1.49. The van der Waals surface area contributed by atoms with E-state index < -0.39 is 0 Å². The fraction of sp³-hybridized carbons (Fsp3) is 0.300. The van der Waals surface area contributed by atoms with E-state index in [0.29, 0.717) is 24.4 Å². The van der Waals surface area contributed by atoms with Crippen LogP contribution in [0.1, 0.15) is 11.1 Å². The van der Waals surface area contributed by atoms with Gasteiger partial charge in [0.2, 0.25) is 0 Å². The van der Waals surface area contributed by atoms with Gasteiger partial charge in [-0.05, 0) is 75.0 Å². The van der Waals surface area contributed by atoms with Crippen molar-refractivity contribution in [3.63, 3.8) is 0 Å². The predicted octanol–water partition coefficient (Wildman–Crippen LogP) is 4.14. The summed E-state index contributed by atoms with van der Waals surface area (Å²) in [6, 6.07) is 13.5. The molecule has 5 nitrogen and oxygen atoms in total. The fourth-order valence-electron chi connectivity index (χ4n) is 2.99. The first-order valence-corrected chi connectivity index (χ1v) is 11.3. The Kier molecular flexibility index (Phi) is 7.79. The van der Waals surface area contributed by atoms with Gasteiger partial charge >= 0.3 is 0 Å². The maximum absolute atomic E-state index is 12.5. The Labute approximate surface area is 196 Å². The molecule has 1 aliphatic heterocycles. The van der Waals surface area contributed by atoms with Crippen molar-refractivity contribution in [2.24, 2.45) is 0 Å². The van der Waals surface area contributed by atoms with Crippen molar-refractivity contribution in [2.45, 2.75) is 6.54 Å². The van der Waals surface area contributed by atoms with Gasteiger partial charge in [-0.2, -0.15) is 5.26 Å². The highest BCUT2D eigenvalue weighted by Crippen LogP contribution is 2.28. The Morgan fingerprint density at radius 3 is 2.29 bits per heavy atom. The molecule has 0 unspecified atom stereocenters. The lowest BCUT2D eigenvalue weighted by molar-refractivity contribution is -0.135. The van der Waals surface area contributed by atoms with Crippen LogP contribution in [-0.4, -0.2) is 48.5 Å². The molecule has 1 amide bonds. The summed E-state index contributed by atoms with van der Waals surface area (Å²) in [5.74, 6) is 0.650. The molecule has 3 rings (SSSR count). The number of ether oxygens (including phenoxy) is 1. The summed E-state index contributed by atoms with van der Waals surface area (Å²) in [7, 11) is 0. The second-order valence-electron chi connectivity index (χ2n) is 6.45. The van der Waals surface area contributed by atoms with Crippen molar-refractivity contribution >= 4 is 62.7 Å². The molecule has 146 valence electrons. The number of rotatable bonds is 5. The lowest BCUT2D eigenvalue weighted by Gasteiger charge is -2.34. The molecular formula is C20H18ClI2N3O2. The second-order valence-corrected chi connectivity index (χ2v) is 9.21. The molecule has 0 atom stereocenters. The van der Waals surface area contributed by atoms with Crippen molar-refractivity contribution in [3.8, 4) is 11.8 Å². The topological polar surface area (TPSA) is 56.6 Å². The quantitative estimate of drug-likeness (QED) is 0.472. The summed E-state index contributed by atoms with van der Waals surface area (Å²) in [5, 5.41) is 9.77. The standard InChI is InChI=1S/C20H18ClI2N3O2/c21-16-3-1-14(2-4-16)12-25-5-7-26(8-6-25)19(27)13-28-20-17(22)9-15(11-24)10-18(20)23/h1-4,9-10H,5-8,12-13H2. The maximum Gasteiger partial charge on any atom is 0.260 e. The lowest BCUT2D eigenvalue weighted by atomic mass is 10.2. The van der Waals surface area contributed by atoms with Crippen LogP contribution in [0.4, 0.5) is 0 Å². The zero-order valence-corrected chi connectivity index (χ0v) is 20.1. The zero-order valence-electron chi connectivity index (χ0n) is 15.0. The van der Waals surface area contributed by atoms with Gasteiger partial charge in [-0.25, -0.2) is 0 Å². The van der Waals surface area contributed by atoms with E-state index in [1.165, 1.54) is 5.56 Å². The number of hydrogen-bond donors (Lipinski definition) is 0. The molecule has 0 radical (unpaired) electrons. The van der Waals surface area contributed by atoms with Crippen LogP contribution in [0, 0.1) is 18.5 Å². The first-order chi connectivity index (χ1) is 13.5. The van der Waals surface area contributed by atoms with E-state index in [4.69, 9.17) is 21.6 Å². The lowest BCUT2D eigenvalue weighted by Crippen LogP contribution is -2.49. The summed E-state index contributed by atoms with van der Waals surface area (Å²) in [6.45, 7) is 3.92. The van der Waals surface area contributed by atoms with E-state index in [1.807, 2.05) is 29.2 Å². The van der Waals surface area contributed by atoms with Crippen molar-refractivity contribution in [1.82, 2.24) is 9.80 Å². The molecule has 28 heavy (non-hydrogen) atoms. The molecule has 1 saturated heterocycles. The number of amides is 1. The van der Waals surface area contributed by atoms with Gasteiger partial charge in [-0.1, -0.05) is 23.7 Å². The van der Waals surface area contributed by atoms with Gasteiger partial charge in [0, 0.05) is 37.7 Å². The maximum atomic E-state index is 12.5. The van der Waals surface area contributed by atoms with Gasteiger partial charge in [-0.3, -0.25) is 9.69 Å². The van der Waals surface area contributed by atoms with Crippen LogP contribution in [0.2, 0.25) is 5.02 Å². The van der Waals surface area contributed by atoms with Gasteiger partial charge in [0.15, 0.2) is 6.61 Å². The largest absolute Gasteiger partial charge is 0.482 e. The van der Waals surface area contributed by atoms with E-state index in [0.717, 1.165) is 31.8 Å². The number of piperazine rings is 1. The third-order valence-corrected chi connectivity index (χ3v) is 6.37. The predicted molar refractivity (Wildman–Crippen MR) is 125 cm³/mol. The number of hydrogen-bond acceptors (Lipinski definition) is 4. The summed E-state index contributed by atoms with van der Waals surface area (Å²) >= 11 is 10.2. The normalized spacial score (nSPS) is 14.6. The monoisotopic (exact) mass is 621 g/mol. The third-order valence-electron chi connectivity index (χ3n) is 4.51. The van der Waals surface area contributed by atoms with Crippen molar-refractivity contribution in [2.75, 3.05) is 32.8 Å². The van der Waals surface area contributed by atoms with Crippen molar-refractivity contribution in [1.29, 1.82) is 5.26 Å². The van der Waals surface area contributed by atoms with Crippen LogP contribution in [0.3, 0.4) is 0 Å². The van der Waals surface area contributed by atoms with E-state index in [-0.39, 0.29) is 12.5 Å². The molecule has 0 spiro atoms. The number of nitrogens with zero attached hydrogens (tertiary/aromatic N) is 3. The van der Waals surface area contributed by atoms with Crippen molar-refractivity contribution < 1.29 is 9.53 Å². The van der Waals surface area contributed by atoms with Gasteiger partial charge in [-0.15, -0.1) is 0 Å². The summed E-state index contributed by atoms with van der Waals surface area (Å²) in [4.78, 5) is 16.7. The molecule has 1 fully saturated rings. The minimum atomic E-state index is -0.0119. The summed E-state index contributed by atoms with van der Waals surface area (Å²) in [5.41, 5.74) is 1.81. The Morgan fingerprint density at radius 2 is 1.71 bits per heavy atom. The molecule has 8 heteroatoms. The van der Waals surface area contributed by atoms with Crippen molar-refractivity contribution in [3.05, 3.63) is 59.7 Å². The molecule has 2 aromatic rings. The minimum Gasteiger partial charge on any atom is -0.482 e. The molecule has 1 aliphatic rings. The number of carbonyl (C=O) groups is 1. The number of halogens is 3. The highest BCUT2D eigenvalue weighted by Gasteiger charge is 2.22. The molecule has 1 heterocycles. The Bertz CT molecular complexity index is 868. The Hall–Kier alpha value is -1.09. The average Bonchev–Trinajstić information content (AvgIpc) is 2.69. The first-order valence-electron chi connectivity index (χ1n) is 8.73. The average molecular weight is 622 g/mol. The van der Waals surface area contributed by atoms with Gasteiger partial charge in [0.05, 0.1) is 18.8 Å². The highest BCUT2D eigenvalue weighted by molar-refractivity contribution is 14.1. The number of carbonyl (C=O) groups excluding carboxylic acids is 1. The molecule has 0 saturated carbocycles. The van der Waals surface area contributed by atoms with Crippen LogP contribution < -0.4 is 4.74 Å². The fourth-order valence-corrected chi connectivity index (χ4v) is 5.20. The van der Waals surface area contributed by atoms with Crippen LogP contribution in [-0.2, 0) is 11.3 Å². The number of benzene rings is 2. The summed E-state index contributed by atoms with van der Waals surface area (Å²) < 4.78 is 7.44. The van der Waals surface area contributed by atoms with Crippen LogP contribution in [0.5, 0.6) is 5.75 Å². The molecule has 0 aliphatic carbocycles. The minimum absolute atomic E-state index is 0.00902. The van der Waals surface area contributed by atoms with Crippen LogP contribution >= 0.6 is 56.8 Å².